The lowest BCUT2D eigenvalue weighted by molar-refractivity contribution is 0.891. The van der Waals surface area contributed by atoms with Gasteiger partial charge >= 0.3 is 0 Å². The third-order valence-corrected chi connectivity index (χ3v) is 4.38. The van der Waals surface area contributed by atoms with Crippen molar-refractivity contribution < 1.29 is 0 Å². The summed E-state index contributed by atoms with van der Waals surface area (Å²) < 4.78 is 0. The Balaban J connectivity index is 1.96. The van der Waals surface area contributed by atoms with Crippen molar-refractivity contribution in [2.75, 3.05) is 0 Å². The molecule has 0 unspecified atom stereocenters. The molecule has 3 rings (SSSR count). The van der Waals surface area contributed by atoms with E-state index in [9.17, 15) is 5.26 Å². The number of aryl methyl sites for hydroxylation is 3. The quantitative estimate of drug-likeness (QED) is 0.827. The molecule has 2 nitrogen and oxygen atoms in total. The first kappa shape index (κ1) is 12.3. The molecule has 1 aromatic heterocycles. The number of nitrogens with zero attached hydrogens (tertiary/aromatic N) is 2. The standard InChI is InChI=1S/C16H14N2S/c1-11-5-7-14(8-6-11)19-16-13(10-17)9-12-3-2-4-15(12)18-16/h5-9H,2-4H2,1H3. The highest BCUT2D eigenvalue weighted by atomic mass is 32.2. The summed E-state index contributed by atoms with van der Waals surface area (Å²) >= 11 is 1.58. The van der Waals surface area contributed by atoms with Crippen LogP contribution in [0.2, 0.25) is 0 Å². The van der Waals surface area contributed by atoms with E-state index in [1.807, 2.05) is 6.07 Å². The van der Waals surface area contributed by atoms with Gasteiger partial charge in [0.15, 0.2) is 0 Å². The van der Waals surface area contributed by atoms with Gasteiger partial charge in [-0.05, 0) is 49.9 Å². The Morgan fingerprint density at radius 1 is 1.21 bits per heavy atom. The first-order chi connectivity index (χ1) is 9.26. The first-order valence-corrected chi connectivity index (χ1v) is 7.25. The summed E-state index contributed by atoms with van der Waals surface area (Å²) in [6, 6.07) is 12.6. The molecule has 1 aromatic carbocycles. The lowest BCUT2D eigenvalue weighted by Gasteiger charge is -2.06. The van der Waals surface area contributed by atoms with E-state index in [1.165, 1.54) is 16.8 Å². The van der Waals surface area contributed by atoms with Crippen LogP contribution in [0, 0.1) is 18.3 Å². The average Bonchev–Trinajstić information content (AvgIpc) is 2.87. The van der Waals surface area contributed by atoms with Gasteiger partial charge in [0.2, 0.25) is 0 Å². The highest BCUT2D eigenvalue weighted by Gasteiger charge is 2.16. The van der Waals surface area contributed by atoms with Gasteiger partial charge in [0.25, 0.3) is 0 Å². The number of pyridine rings is 1. The molecule has 19 heavy (non-hydrogen) atoms. The van der Waals surface area contributed by atoms with Crippen molar-refractivity contribution in [2.45, 2.75) is 36.1 Å². The second kappa shape index (κ2) is 5.07. The fourth-order valence-electron chi connectivity index (χ4n) is 2.33. The van der Waals surface area contributed by atoms with Crippen LogP contribution < -0.4 is 0 Å². The van der Waals surface area contributed by atoms with E-state index in [4.69, 9.17) is 0 Å². The number of benzene rings is 1. The summed E-state index contributed by atoms with van der Waals surface area (Å²) in [6.07, 6.45) is 3.26. The summed E-state index contributed by atoms with van der Waals surface area (Å²) in [4.78, 5) is 5.81. The fraction of sp³-hybridized carbons (Fsp3) is 0.250. The van der Waals surface area contributed by atoms with Crippen LogP contribution >= 0.6 is 11.8 Å². The Morgan fingerprint density at radius 3 is 2.74 bits per heavy atom. The van der Waals surface area contributed by atoms with Gasteiger partial charge in [0.1, 0.15) is 11.1 Å². The first-order valence-electron chi connectivity index (χ1n) is 6.43. The number of aromatic nitrogens is 1. The average molecular weight is 266 g/mol. The maximum atomic E-state index is 9.27. The molecule has 0 radical (unpaired) electrons. The zero-order valence-corrected chi connectivity index (χ0v) is 11.6. The molecule has 0 bridgehead atoms. The van der Waals surface area contributed by atoms with Crippen LogP contribution in [0.15, 0.2) is 40.3 Å². The summed E-state index contributed by atoms with van der Waals surface area (Å²) in [6.45, 7) is 2.07. The van der Waals surface area contributed by atoms with E-state index in [2.05, 4.69) is 42.2 Å². The second-order valence-corrected chi connectivity index (χ2v) is 5.89. The maximum Gasteiger partial charge on any atom is 0.119 e. The minimum absolute atomic E-state index is 0.700. The predicted octanol–water partition coefficient (Wildman–Crippen LogP) is 3.90. The smallest absolute Gasteiger partial charge is 0.119 e. The van der Waals surface area contributed by atoms with E-state index in [-0.39, 0.29) is 0 Å². The zero-order chi connectivity index (χ0) is 13.2. The maximum absolute atomic E-state index is 9.27. The lowest BCUT2D eigenvalue weighted by atomic mass is 10.2. The van der Waals surface area contributed by atoms with Crippen molar-refractivity contribution in [3.63, 3.8) is 0 Å². The summed E-state index contributed by atoms with van der Waals surface area (Å²) in [5, 5.41) is 10.1. The molecule has 3 heteroatoms. The van der Waals surface area contributed by atoms with Crippen molar-refractivity contribution in [3.05, 3.63) is 52.7 Å². The highest BCUT2D eigenvalue weighted by Crippen LogP contribution is 2.32. The van der Waals surface area contributed by atoms with Gasteiger partial charge in [0, 0.05) is 10.6 Å². The summed E-state index contributed by atoms with van der Waals surface area (Å²) in [5.41, 5.74) is 4.37. The molecular weight excluding hydrogens is 252 g/mol. The minimum atomic E-state index is 0.700. The van der Waals surface area contributed by atoms with Crippen LogP contribution in [-0.4, -0.2) is 4.98 Å². The monoisotopic (exact) mass is 266 g/mol. The Morgan fingerprint density at radius 2 is 2.00 bits per heavy atom. The van der Waals surface area contributed by atoms with Crippen LogP contribution in [-0.2, 0) is 12.8 Å². The SMILES string of the molecule is Cc1ccc(Sc2nc3c(cc2C#N)CCC3)cc1. The van der Waals surface area contributed by atoms with E-state index in [0.717, 1.165) is 29.2 Å². The molecule has 0 spiro atoms. The van der Waals surface area contributed by atoms with Gasteiger partial charge in [-0.15, -0.1) is 0 Å². The van der Waals surface area contributed by atoms with Crippen molar-refractivity contribution >= 4 is 11.8 Å². The molecule has 0 atom stereocenters. The van der Waals surface area contributed by atoms with Crippen molar-refractivity contribution in [2.24, 2.45) is 0 Å². The summed E-state index contributed by atoms with van der Waals surface area (Å²) in [5.74, 6) is 0. The van der Waals surface area contributed by atoms with Crippen molar-refractivity contribution in [1.29, 1.82) is 5.26 Å². The van der Waals surface area contributed by atoms with Crippen LogP contribution in [0.3, 0.4) is 0 Å². The number of hydrogen-bond donors (Lipinski definition) is 0. The Hall–Kier alpha value is -1.79. The van der Waals surface area contributed by atoms with E-state index in [0.29, 0.717) is 5.56 Å². The Labute approximate surface area is 117 Å². The van der Waals surface area contributed by atoms with Crippen LogP contribution in [0.5, 0.6) is 0 Å². The fourth-order valence-corrected chi connectivity index (χ4v) is 3.19. The number of fused-ring (bicyclic) bond motifs is 1. The molecule has 0 saturated carbocycles. The van der Waals surface area contributed by atoms with Crippen LogP contribution in [0.1, 0.15) is 28.8 Å². The molecule has 2 aromatic rings. The molecule has 0 fully saturated rings. The van der Waals surface area contributed by atoms with Crippen molar-refractivity contribution in [3.8, 4) is 6.07 Å². The lowest BCUT2D eigenvalue weighted by Crippen LogP contribution is -1.94. The van der Waals surface area contributed by atoms with Gasteiger partial charge in [-0.2, -0.15) is 5.26 Å². The zero-order valence-electron chi connectivity index (χ0n) is 10.8. The predicted molar refractivity (Wildman–Crippen MR) is 76.3 cm³/mol. The van der Waals surface area contributed by atoms with E-state index >= 15 is 0 Å². The van der Waals surface area contributed by atoms with Gasteiger partial charge in [-0.3, -0.25) is 0 Å². The van der Waals surface area contributed by atoms with Crippen molar-refractivity contribution in [1.82, 2.24) is 4.98 Å². The van der Waals surface area contributed by atoms with Gasteiger partial charge in [-0.25, -0.2) is 4.98 Å². The molecule has 1 aliphatic rings. The molecular formula is C16H14N2S. The third-order valence-electron chi connectivity index (χ3n) is 3.37. The molecule has 1 heterocycles. The second-order valence-electron chi connectivity index (χ2n) is 4.83. The largest absolute Gasteiger partial charge is 0.244 e. The molecule has 94 valence electrons. The Kier molecular flexibility index (Phi) is 3.27. The molecule has 0 saturated heterocycles. The van der Waals surface area contributed by atoms with E-state index < -0.39 is 0 Å². The van der Waals surface area contributed by atoms with E-state index in [1.54, 1.807) is 11.8 Å². The van der Waals surface area contributed by atoms with Crippen LogP contribution in [0.4, 0.5) is 0 Å². The number of nitriles is 1. The minimum Gasteiger partial charge on any atom is -0.244 e. The van der Waals surface area contributed by atoms with Gasteiger partial charge in [0.05, 0.1) is 5.56 Å². The summed E-state index contributed by atoms with van der Waals surface area (Å²) in [7, 11) is 0. The highest BCUT2D eigenvalue weighted by molar-refractivity contribution is 7.99. The van der Waals surface area contributed by atoms with Gasteiger partial charge in [-0.1, -0.05) is 29.5 Å². The normalized spacial score (nSPS) is 13.1. The topological polar surface area (TPSA) is 36.7 Å². The van der Waals surface area contributed by atoms with Gasteiger partial charge < -0.3 is 0 Å². The molecule has 1 aliphatic carbocycles. The van der Waals surface area contributed by atoms with Crippen LogP contribution in [0.25, 0.3) is 0 Å². The Bertz CT molecular complexity index is 654. The third kappa shape index (κ3) is 2.50. The number of rotatable bonds is 2. The molecule has 0 N–H and O–H groups in total. The number of hydrogen-bond acceptors (Lipinski definition) is 3. The molecule has 0 aliphatic heterocycles. The molecule has 0 amide bonds.